The minimum absolute atomic E-state index is 0.368. The van der Waals surface area contributed by atoms with Crippen LogP contribution in [-0.2, 0) is 0 Å². The number of H-pyrrole nitrogens is 1. The van der Waals surface area contributed by atoms with E-state index in [0.717, 1.165) is 0 Å². The van der Waals surface area contributed by atoms with Crippen molar-refractivity contribution in [3.63, 3.8) is 0 Å². The van der Waals surface area contributed by atoms with Crippen molar-refractivity contribution in [3.05, 3.63) is 6.33 Å². The highest BCUT2D eigenvalue weighted by atomic mass is 15.3. The SMILES string of the molecule is N#CNc1ncn[nH]1. The molecule has 2 N–H and O–H groups in total. The van der Waals surface area contributed by atoms with E-state index in [4.69, 9.17) is 5.26 Å². The lowest BCUT2D eigenvalue weighted by Gasteiger charge is -1.80. The van der Waals surface area contributed by atoms with Crippen LogP contribution in [0.5, 0.6) is 0 Å². The summed E-state index contributed by atoms with van der Waals surface area (Å²) < 4.78 is 0. The smallest absolute Gasteiger partial charge is 0.231 e. The summed E-state index contributed by atoms with van der Waals surface area (Å²) in [5.74, 6) is 0.368. The minimum Gasteiger partial charge on any atom is -0.261 e. The molecule has 0 unspecified atom stereocenters. The normalized spacial score (nSPS) is 7.88. The van der Waals surface area contributed by atoms with Crippen LogP contribution in [0.2, 0.25) is 0 Å². The molecule has 0 amide bonds. The maximum absolute atomic E-state index is 7.99. The van der Waals surface area contributed by atoms with E-state index in [0.29, 0.717) is 5.95 Å². The standard InChI is InChI=1S/C3H3N5/c4-1-5-3-6-2-7-8-3/h2H,(H2,5,6,7,8). The molecule has 0 saturated heterocycles. The zero-order chi connectivity index (χ0) is 5.82. The minimum atomic E-state index is 0.368. The van der Waals surface area contributed by atoms with Gasteiger partial charge in [0.15, 0.2) is 6.19 Å². The highest BCUT2D eigenvalue weighted by molar-refractivity contribution is 5.26. The van der Waals surface area contributed by atoms with Crippen molar-refractivity contribution in [2.24, 2.45) is 0 Å². The molecule has 0 atom stereocenters. The largest absolute Gasteiger partial charge is 0.261 e. The fourth-order valence-corrected chi connectivity index (χ4v) is 0.319. The van der Waals surface area contributed by atoms with Gasteiger partial charge in [-0.1, -0.05) is 0 Å². The van der Waals surface area contributed by atoms with E-state index in [9.17, 15) is 0 Å². The van der Waals surface area contributed by atoms with Crippen molar-refractivity contribution in [2.45, 2.75) is 0 Å². The Morgan fingerprint density at radius 3 is 3.25 bits per heavy atom. The number of nitrogens with zero attached hydrogens (tertiary/aromatic N) is 3. The van der Waals surface area contributed by atoms with Crippen molar-refractivity contribution in [1.82, 2.24) is 15.2 Å². The van der Waals surface area contributed by atoms with Crippen molar-refractivity contribution < 1.29 is 0 Å². The fourth-order valence-electron chi connectivity index (χ4n) is 0.319. The van der Waals surface area contributed by atoms with Gasteiger partial charge in [-0.05, 0) is 0 Å². The molecule has 40 valence electrons. The van der Waals surface area contributed by atoms with E-state index >= 15 is 0 Å². The first-order valence-electron chi connectivity index (χ1n) is 1.94. The highest BCUT2D eigenvalue weighted by Gasteiger charge is 1.86. The number of hydrogen-bond acceptors (Lipinski definition) is 4. The maximum atomic E-state index is 7.99. The van der Waals surface area contributed by atoms with Gasteiger partial charge in [0.1, 0.15) is 6.33 Å². The zero-order valence-corrected chi connectivity index (χ0v) is 3.92. The van der Waals surface area contributed by atoms with Crippen molar-refractivity contribution in [3.8, 4) is 6.19 Å². The highest BCUT2D eigenvalue weighted by Crippen LogP contribution is 1.87. The molecule has 0 aromatic carbocycles. The third-order valence-corrected chi connectivity index (χ3v) is 0.589. The van der Waals surface area contributed by atoms with Crippen molar-refractivity contribution in [2.75, 3.05) is 5.32 Å². The monoisotopic (exact) mass is 109 g/mol. The Bertz CT molecular complexity index is 182. The molecule has 0 fully saturated rings. The molecule has 1 aromatic heterocycles. The Morgan fingerprint density at radius 1 is 1.88 bits per heavy atom. The lowest BCUT2D eigenvalue weighted by molar-refractivity contribution is 1.09. The molecular weight excluding hydrogens is 106 g/mol. The Labute approximate surface area is 45.4 Å². The average Bonchev–Trinajstić information content (AvgIpc) is 2.19. The lowest BCUT2D eigenvalue weighted by atomic mass is 11.0. The van der Waals surface area contributed by atoms with E-state index in [1.807, 2.05) is 0 Å². The van der Waals surface area contributed by atoms with Crippen LogP contribution >= 0.6 is 0 Å². The predicted octanol–water partition coefficient (Wildman–Crippen LogP) is -0.302. The molecule has 0 bridgehead atoms. The van der Waals surface area contributed by atoms with Gasteiger partial charge in [-0.2, -0.15) is 15.3 Å². The van der Waals surface area contributed by atoms with Crippen molar-refractivity contribution in [1.29, 1.82) is 5.26 Å². The number of rotatable bonds is 1. The van der Waals surface area contributed by atoms with E-state index in [-0.39, 0.29) is 0 Å². The van der Waals surface area contributed by atoms with Gasteiger partial charge >= 0.3 is 0 Å². The summed E-state index contributed by atoms with van der Waals surface area (Å²) in [5.41, 5.74) is 0. The predicted molar refractivity (Wildman–Crippen MR) is 25.6 cm³/mol. The Balaban J connectivity index is 2.67. The molecule has 0 radical (unpaired) electrons. The average molecular weight is 109 g/mol. The van der Waals surface area contributed by atoms with E-state index < -0.39 is 0 Å². The molecule has 5 nitrogen and oxygen atoms in total. The summed E-state index contributed by atoms with van der Waals surface area (Å²) in [6.07, 6.45) is 3.01. The van der Waals surface area contributed by atoms with Gasteiger partial charge in [-0.25, -0.2) is 5.10 Å². The van der Waals surface area contributed by atoms with Gasteiger partial charge in [-0.3, -0.25) is 5.32 Å². The first-order chi connectivity index (χ1) is 3.93. The molecule has 0 aliphatic carbocycles. The van der Waals surface area contributed by atoms with Gasteiger partial charge in [0.05, 0.1) is 0 Å². The molecule has 1 aromatic rings. The zero-order valence-electron chi connectivity index (χ0n) is 3.92. The molecule has 0 aliphatic rings. The molecule has 8 heavy (non-hydrogen) atoms. The Hall–Kier alpha value is -1.57. The quantitative estimate of drug-likeness (QED) is 0.383. The maximum Gasteiger partial charge on any atom is 0.231 e. The van der Waals surface area contributed by atoms with Gasteiger partial charge in [-0.15, -0.1) is 0 Å². The number of aromatic amines is 1. The summed E-state index contributed by atoms with van der Waals surface area (Å²) in [6, 6.07) is 0. The van der Waals surface area contributed by atoms with Gasteiger partial charge in [0.2, 0.25) is 5.95 Å². The summed E-state index contributed by atoms with van der Waals surface area (Å²) in [4.78, 5) is 3.61. The molecule has 1 heterocycles. The molecule has 0 spiro atoms. The van der Waals surface area contributed by atoms with Crippen molar-refractivity contribution >= 4 is 5.95 Å². The summed E-state index contributed by atoms with van der Waals surface area (Å²) >= 11 is 0. The number of nitrogens with one attached hydrogen (secondary N) is 2. The number of aromatic nitrogens is 3. The van der Waals surface area contributed by atoms with Crippen LogP contribution in [0.1, 0.15) is 0 Å². The number of hydrogen-bond donors (Lipinski definition) is 2. The first-order valence-corrected chi connectivity index (χ1v) is 1.94. The summed E-state index contributed by atoms with van der Waals surface area (Å²) in [6.45, 7) is 0. The van der Waals surface area contributed by atoms with Gasteiger partial charge in [0, 0.05) is 0 Å². The molecule has 0 saturated carbocycles. The van der Waals surface area contributed by atoms with Gasteiger partial charge < -0.3 is 0 Å². The molecule has 1 rings (SSSR count). The topological polar surface area (TPSA) is 77.4 Å². The second-order valence-corrected chi connectivity index (χ2v) is 1.07. The summed E-state index contributed by atoms with van der Waals surface area (Å²) in [5, 5.41) is 16.2. The van der Waals surface area contributed by atoms with Gasteiger partial charge in [0.25, 0.3) is 0 Å². The first kappa shape index (κ1) is 4.59. The molecule has 0 aliphatic heterocycles. The fraction of sp³-hybridized carbons (Fsp3) is 0. The third kappa shape index (κ3) is 0.733. The second kappa shape index (κ2) is 1.93. The van der Waals surface area contributed by atoms with Crippen LogP contribution in [0.4, 0.5) is 5.95 Å². The molecule has 5 heteroatoms. The third-order valence-electron chi connectivity index (χ3n) is 0.589. The number of nitriles is 1. The van der Waals surface area contributed by atoms with Crippen LogP contribution in [-0.4, -0.2) is 15.2 Å². The Kier molecular flexibility index (Phi) is 1.11. The van der Waals surface area contributed by atoms with Crippen LogP contribution in [0, 0.1) is 11.5 Å². The van der Waals surface area contributed by atoms with Crippen LogP contribution in [0.25, 0.3) is 0 Å². The lowest BCUT2D eigenvalue weighted by Crippen LogP contribution is -1.87. The second-order valence-electron chi connectivity index (χ2n) is 1.07. The van der Waals surface area contributed by atoms with E-state index in [1.165, 1.54) is 6.33 Å². The van der Waals surface area contributed by atoms with Crippen LogP contribution in [0.3, 0.4) is 0 Å². The number of anilines is 1. The van der Waals surface area contributed by atoms with E-state index in [2.05, 4.69) is 20.5 Å². The Morgan fingerprint density at radius 2 is 2.75 bits per heavy atom. The molecular formula is C3H3N5. The van der Waals surface area contributed by atoms with Crippen LogP contribution < -0.4 is 5.32 Å². The van der Waals surface area contributed by atoms with E-state index in [1.54, 1.807) is 6.19 Å². The van der Waals surface area contributed by atoms with Crippen LogP contribution in [0.15, 0.2) is 6.33 Å². The summed E-state index contributed by atoms with van der Waals surface area (Å²) in [7, 11) is 0.